The molecule has 1 unspecified atom stereocenters. The molecule has 0 radical (unpaired) electrons. The van der Waals surface area contributed by atoms with Gasteiger partial charge in [0.15, 0.2) is 5.82 Å². The molecule has 1 saturated carbocycles. The Morgan fingerprint density at radius 3 is 2.76 bits per heavy atom. The fourth-order valence-corrected chi connectivity index (χ4v) is 4.48. The maximum Gasteiger partial charge on any atom is 0.228 e. The number of benzene rings is 1. The van der Waals surface area contributed by atoms with Crippen molar-refractivity contribution in [2.45, 2.75) is 71.6 Å². The van der Waals surface area contributed by atoms with E-state index in [-0.39, 0.29) is 17.6 Å². The van der Waals surface area contributed by atoms with Crippen molar-refractivity contribution in [2.24, 2.45) is 11.8 Å². The smallest absolute Gasteiger partial charge is 0.228 e. The molecule has 0 spiro atoms. The summed E-state index contributed by atoms with van der Waals surface area (Å²) in [4.78, 5) is 22.5. The first-order chi connectivity index (χ1) is 14.0. The van der Waals surface area contributed by atoms with Gasteiger partial charge in [-0.15, -0.1) is 0 Å². The van der Waals surface area contributed by atoms with Gasteiger partial charge in [0.25, 0.3) is 0 Å². The molecule has 29 heavy (non-hydrogen) atoms. The van der Waals surface area contributed by atoms with E-state index in [2.05, 4.69) is 5.32 Å². The first-order valence-corrected chi connectivity index (χ1v) is 11.0. The van der Waals surface area contributed by atoms with Gasteiger partial charge in [0.2, 0.25) is 5.91 Å². The van der Waals surface area contributed by atoms with Crippen LogP contribution in [-0.2, 0) is 24.1 Å². The number of nitrogens with zero attached hydrogens (tertiary/aromatic N) is 2. The Morgan fingerprint density at radius 1 is 1.21 bits per heavy atom. The highest BCUT2D eigenvalue weighted by atomic mass is 19.1. The molecule has 2 aromatic rings. The predicted octanol–water partition coefficient (Wildman–Crippen LogP) is 5.49. The maximum atomic E-state index is 13.7. The summed E-state index contributed by atoms with van der Waals surface area (Å²) in [6.45, 7) is 3.95. The van der Waals surface area contributed by atoms with Crippen molar-refractivity contribution in [3.05, 3.63) is 41.0 Å². The molecule has 2 aliphatic rings. The molecule has 2 aliphatic carbocycles. The van der Waals surface area contributed by atoms with Gasteiger partial charge in [-0.3, -0.25) is 4.79 Å². The van der Waals surface area contributed by atoms with Crippen LogP contribution in [0.1, 0.15) is 69.3 Å². The molecule has 4 nitrogen and oxygen atoms in total. The minimum atomic E-state index is -0.208. The zero-order chi connectivity index (χ0) is 20.4. The number of anilines is 1. The number of carbonyl (C=O) groups is 1. The van der Waals surface area contributed by atoms with Crippen LogP contribution in [0, 0.1) is 17.7 Å². The topological polar surface area (TPSA) is 54.9 Å². The quantitative estimate of drug-likeness (QED) is 0.728. The van der Waals surface area contributed by atoms with Crippen LogP contribution in [0.4, 0.5) is 10.2 Å². The zero-order valence-electron chi connectivity index (χ0n) is 17.4. The van der Waals surface area contributed by atoms with Gasteiger partial charge in [0, 0.05) is 11.5 Å². The number of hydrogen-bond acceptors (Lipinski definition) is 3. The Balaban J connectivity index is 1.72. The lowest BCUT2D eigenvalue weighted by atomic mass is 9.85. The zero-order valence-corrected chi connectivity index (χ0v) is 17.4. The van der Waals surface area contributed by atoms with E-state index in [0.717, 1.165) is 47.5 Å². The summed E-state index contributed by atoms with van der Waals surface area (Å²) < 4.78 is 13.7. The summed E-state index contributed by atoms with van der Waals surface area (Å²) in [5, 5.41) is 3.06. The van der Waals surface area contributed by atoms with E-state index in [0.29, 0.717) is 18.2 Å². The van der Waals surface area contributed by atoms with Crippen LogP contribution < -0.4 is 5.32 Å². The largest absolute Gasteiger partial charge is 0.309 e. The highest BCUT2D eigenvalue weighted by molar-refractivity contribution is 5.92. The summed E-state index contributed by atoms with van der Waals surface area (Å²) in [6, 6.07) is 4.92. The van der Waals surface area contributed by atoms with Gasteiger partial charge in [0.1, 0.15) is 5.82 Å². The lowest BCUT2D eigenvalue weighted by molar-refractivity contribution is -0.119. The van der Waals surface area contributed by atoms with Gasteiger partial charge in [-0.1, -0.05) is 46.0 Å². The normalized spacial score (nSPS) is 17.3. The van der Waals surface area contributed by atoms with Gasteiger partial charge in [-0.25, -0.2) is 14.4 Å². The Bertz CT molecular complexity index is 905. The maximum absolute atomic E-state index is 13.7. The number of aromatic nitrogens is 2. The Kier molecular flexibility index (Phi) is 5.93. The van der Waals surface area contributed by atoms with Gasteiger partial charge in [0.05, 0.1) is 17.1 Å². The molecular formula is C24H30FN3O. The number of aryl methyl sites for hydroxylation is 2. The van der Waals surface area contributed by atoms with Gasteiger partial charge >= 0.3 is 0 Å². The summed E-state index contributed by atoms with van der Waals surface area (Å²) in [6.07, 6.45) is 9.35. The van der Waals surface area contributed by atoms with Crippen molar-refractivity contribution in [3.8, 4) is 11.3 Å². The molecule has 1 fully saturated rings. The molecule has 1 aromatic carbocycles. The molecule has 1 heterocycles. The predicted molar refractivity (Wildman–Crippen MR) is 113 cm³/mol. The lowest BCUT2D eigenvalue weighted by Crippen LogP contribution is -2.24. The van der Waals surface area contributed by atoms with Crippen LogP contribution in [-0.4, -0.2) is 15.9 Å². The Labute approximate surface area is 172 Å². The second-order valence-corrected chi connectivity index (χ2v) is 8.62. The standard InChI is InChI=1S/C24H30FN3O/c1-3-15(2)24(29)28-23-21(13-16-7-5-4-6-8-16)26-22-19-11-10-18(25)14-17(19)9-12-20(22)27-23/h10-11,14-16H,3-9,12-13H2,1-2H3,(H,27,28,29). The summed E-state index contributed by atoms with van der Waals surface area (Å²) >= 11 is 0. The molecule has 154 valence electrons. The second kappa shape index (κ2) is 8.60. The van der Waals surface area contributed by atoms with Crippen LogP contribution in [0.5, 0.6) is 0 Å². The van der Waals surface area contributed by atoms with Crippen LogP contribution in [0.25, 0.3) is 11.3 Å². The van der Waals surface area contributed by atoms with E-state index in [1.807, 2.05) is 19.9 Å². The monoisotopic (exact) mass is 395 g/mol. The Hall–Kier alpha value is -2.30. The molecule has 1 N–H and O–H groups in total. The van der Waals surface area contributed by atoms with E-state index in [1.165, 1.54) is 38.2 Å². The number of nitrogens with one attached hydrogen (secondary N) is 1. The van der Waals surface area contributed by atoms with Crippen molar-refractivity contribution >= 4 is 11.7 Å². The van der Waals surface area contributed by atoms with Crippen LogP contribution in [0.2, 0.25) is 0 Å². The molecule has 4 rings (SSSR count). The van der Waals surface area contributed by atoms with Crippen molar-refractivity contribution < 1.29 is 9.18 Å². The van der Waals surface area contributed by atoms with Crippen molar-refractivity contribution in [2.75, 3.05) is 5.32 Å². The second-order valence-electron chi connectivity index (χ2n) is 8.62. The summed E-state index contributed by atoms with van der Waals surface area (Å²) in [5.74, 6) is 0.959. The fourth-order valence-electron chi connectivity index (χ4n) is 4.48. The molecule has 1 atom stereocenters. The minimum absolute atomic E-state index is 0.00456. The number of rotatable bonds is 5. The van der Waals surface area contributed by atoms with Gasteiger partial charge < -0.3 is 5.32 Å². The number of hydrogen-bond donors (Lipinski definition) is 1. The number of amides is 1. The molecule has 0 bridgehead atoms. The van der Waals surface area contributed by atoms with Crippen molar-refractivity contribution in [3.63, 3.8) is 0 Å². The third-order valence-corrected chi connectivity index (χ3v) is 6.50. The molecule has 0 saturated heterocycles. The average molecular weight is 396 g/mol. The first-order valence-electron chi connectivity index (χ1n) is 11.0. The van der Waals surface area contributed by atoms with Gasteiger partial charge in [-0.05, 0) is 55.4 Å². The van der Waals surface area contributed by atoms with E-state index in [9.17, 15) is 9.18 Å². The third-order valence-electron chi connectivity index (χ3n) is 6.50. The molecule has 1 aromatic heterocycles. The third kappa shape index (κ3) is 4.34. The molecular weight excluding hydrogens is 365 g/mol. The van der Waals surface area contributed by atoms with E-state index in [1.54, 1.807) is 6.07 Å². The highest BCUT2D eigenvalue weighted by Gasteiger charge is 2.25. The number of fused-ring (bicyclic) bond motifs is 3. The van der Waals surface area contributed by atoms with Crippen LogP contribution >= 0.6 is 0 Å². The number of halogens is 1. The van der Waals surface area contributed by atoms with Crippen molar-refractivity contribution in [1.82, 2.24) is 9.97 Å². The van der Waals surface area contributed by atoms with Crippen LogP contribution in [0.3, 0.4) is 0 Å². The molecule has 0 aliphatic heterocycles. The van der Waals surface area contributed by atoms with Crippen molar-refractivity contribution in [1.29, 1.82) is 0 Å². The fraction of sp³-hybridized carbons (Fsp3) is 0.542. The summed E-state index contributed by atoms with van der Waals surface area (Å²) in [5.41, 5.74) is 4.61. The minimum Gasteiger partial charge on any atom is -0.309 e. The highest BCUT2D eigenvalue weighted by Crippen LogP contribution is 2.35. The molecule has 5 heteroatoms. The van der Waals surface area contributed by atoms with Crippen LogP contribution in [0.15, 0.2) is 18.2 Å². The average Bonchev–Trinajstić information content (AvgIpc) is 2.74. The Morgan fingerprint density at radius 2 is 2.00 bits per heavy atom. The molecule has 1 amide bonds. The number of carbonyl (C=O) groups excluding carboxylic acids is 1. The lowest BCUT2D eigenvalue weighted by Gasteiger charge is -2.25. The summed E-state index contributed by atoms with van der Waals surface area (Å²) in [7, 11) is 0. The van der Waals surface area contributed by atoms with E-state index < -0.39 is 0 Å². The van der Waals surface area contributed by atoms with E-state index >= 15 is 0 Å². The SMILES string of the molecule is CCC(C)C(=O)Nc1nc2c(nc1CC1CCCCC1)-c1ccc(F)cc1CC2. The van der Waals surface area contributed by atoms with Gasteiger partial charge in [-0.2, -0.15) is 0 Å². The first kappa shape index (κ1) is 20.0. The van der Waals surface area contributed by atoms with E-state index in [4.69, 9.17) is 9.97 Å².